The second-order valence-corrected chi connectivity index (χ2v) is 8.15. The van der Waals surface area contributed by atoms with Crippen LogP contribution in [0.25, 0.3) is 0 Å². The van der Waals surface area contributed by atoms with Gasteiger partial charge in [-0.15, -0.1) is 0 Å². The summed E-state index contributed by atoms with van der Waals surface area (Å²) in [4.78, 5) is 28.8. The van der Waals surface area contributed by atoms with Crippen molar-refractivity contribution in [2.75, 3.05) is 5.32 Å². The number of rotatable bonds is 6. The van der Waals surface area contributed by atoms with Crippen molar-refractivity contribution in [3.8, 4) is 0 Å². The molecule has 1 atom stereocenters. The molecule has 1 aromatic heterocycles. The zero-order valence-electron chi connectivity index (χ0n) is 16.1. The highest BCUT2D eigenvalue weighted by Crippen LogP contribution is 2.18. The molecule has 3 rings (SSSR count). The summed E-state index contributed by atoms with van der Waals surface area (Å²) in [5.41, 5.74) is 1.79. The predicted molar refractivity (Wildman–Crippen MR) is 112 cm³/mol. The van der Waals surface area contributed by atoms with Gasteiger partial charge in [0.05, 0.1) is 16.5 Å². The number of benzene rings is 2. The summed E-state index contributed by atoms with van der Waals surface area (Å²) in [6, 6.07) is 15.4. The van der Waals surface area contributed by atoms with Crippen LogP contribution in [0, 0.1) is 0 Å². The van der Waals surface area contributed by atoms with Crippen LogP contribution in [0.3, 0.4) is 0 Å². The Morgan fingerprint density at radius 3 is 2.40 bits per heavy atom. The highest BCUT2D eigenvalue weighted by atomic mass is 32.2. The Labute approximate surface area is 174 Å². The quantitative estimate of drug-likeness (QED) is 0.559. The van der Waals surface area contributed by atoms with E-state index in [0.29, 0.717) is 22.4 Å². The van der Waals surface area contributed by atoms with Gasteiger partial charge in [0.2, 0.25) is 10.0 Å². The maximum atomic E-state index is 12.6. The minimum absolute atomic E-state index is 0.0267. The number of nitrogens with two attached hydrogens (primary N) is 1. The monoisotopic (exact) mass is 424 g/mol. The molecule has 154 valence electrons. The van der Waals surface area contributed by atoms with Crippen molar-refractivity contribution in [3.63, 3.8) is 0 Å². The number of sulfonamides is 1. The van der Waals surface area contributed by atoms with Gasteiger partial charge in [-0.25, -0.2) is 13.6 Å². The molecule has 4 N–H and O–H groups in total. The summed E-state index contributed by atoms with van der Waals surface area (Å²) in [5, 5.41) is 10.7. The van der Waals surface area contributed by atoms with Crippen LogP contribution in [0.4, 0.5) is 5.69 Å². The van der Waals surface area contributed by atoms with E-state index >= 15 is 0 Å². The average Bonchev–Trinajstić information content (AvgIpc) is 2.74. The Morgan fingerprint density at radius 2 is 1.70 bits per heavy atom. The van der Waals surface area contributed by atoms with Gasteiger partial charge in [-0.1, -0.05) is 18.2 Å². The minimum Gasteiger partial charge on any atom is -0.346 e. The molecular formula is C21H20N4O4S. The summed E-state index contributed by atoms with van der Waals surface area (Å²) < 4.78 is 23.1. The van der Waals surface area contributed by atoms with E-state index in [9.17, 15) is 18.0 Å². The molecule has 0 spiro atoms. The molecule has 0 aliphatic heterocycles. The molecule has 0 bridgehead atoms. The first-order valence-corrected chi connectivity index (χ1v) is 10.5. The summed E-state index contributed by atoms with van der Waals surface area (Å²) in [6.45, 7) is 1.73. The van der Waals surface area contributed by atoms with Crippen LogP contribution < -0.4 is 15.8 Å². The predicted octanol–water partition coefficient (Wildman–Crippen LogP) is 2.47. The molecule has 0 aliphatic carbocycles. The van der Waals surface area contributed by atoms with Crippen LogP contribution in [0.1, 0.15) is 39.2 Å². The Kier molecular flexibility index (Phi) is 6.24. The number of carbonyl (C=O) groups is 2. The first kappa shape index (κ1) is 21.2. The number of nitrogens with one attached hydrogen (secondary N) is 2. The molecule has 1 unspecified atom stereocenters. The summed E-state index contributed by atoms with van der Waals surface area (Å²) in [6.07, 6.45) is 3.02. The summed E-state index contributed by atoms with van der Waals surface area (Å²) in [5.74, 6) is -0.713. The number of anilines is 1. The van der Waals surface area contributed by atoms with E-state index in [1.165, 1.54) is 18.3 Å². The van der Waals surface area contributed by atoms with Crippen LogP contribution in [0.5, 0.6) is 0 Å². The molecule has 0 radical (unpaired) electrons. The van der Waals surface area contributed by atoms with E-state index < -0.39 is 16.1 Å². The third kappa shape index (κ3) is 5.28. The van der Waals surface area contributed by atoms with Crippen molar-refractivity contribution in [2.24, 2.45) is 5.14 Å². The summed E-state index contributed by atoms with van der Waals surface area (Å²) >= 11 is 0. The van der Waals surface area contributed by atoms with Crippen molar-refractivity contribution < 1.29 is 18.0 Å². The number of carbonyl (C=O) groups excluding carboxylic acids is 2. The first-order chi connectivity index (χ1) is 14.2. The Hall–Kier alpha value is -3.56. The molecule has 8 nitrogen and oxygen atoms in total. The number of hydrogen-bond donors (Lipinski definition) is 3. The zero-order valence-corrected chi connectivity index (χ0v) is 16.9. The van der Waals surface area contributed by atoms with Crippen LogP contribution in [-0.4, -0.2) is 25.2 Å². The number of aromatic nitrogens is 1. The molecule has 0 saturated carbocycles. The van der Waals surface area contributed by atoms with Gasteiger partial charge in [-0.3, -0.25) is 14.6 Å². The maximum absolute atomic E-state index is 12.6. The summed E-state index contributed by atoms with van der Waals surface area (Å²) in [7, 11) is -3.84. The van der Waals surface area contributed by atoms with Crippen molar-refractivity contribution in [1.29, 1.82) is 0 Å². The number of nitrogens with zero attached hydrogens (tertiary/aromatic N) is 1. The van der Waals surface area contributed by atoms with Gasteiger partial charge in [0.15, 0.2) is 0 Å². The van der Waals surface area contributed by atoms with E-state index in [0.717, 1.165) is 0 Å². The van der Waals surface area contributed by atoms with Crippen LogP contribution in [0.15, 0.2) is 78.0 Å². The Morgan fingerprint density at radius 1 is 0.967 bits per heavy atom. The van der Waals surface area contributed by atoms with Gasteiger partial charge < -0.3 is 10.6 Å². The van der Waals surface area contributed by atoms with Crippen molar-refractivity contribution in [1.82, 2.24) is 10.3 Å². The molecule has 2 aromatic carbocycles. The second-order valence-electron chi connectivity index (χ2n) is 6.59. The number of hydrogen-bond acceptors (Lipinski definition) is 5. The highest BCUT2D eigenvalue weighted by Gasteiger charge is 2.15. The SMILES string of the molecule is CC(NC(=O)c1cccc(NC(=O)c2cccnc2)c1)c1cccc(S(N)(=O)=O)c1. The third-order valence-electron chi connectivity index (χ3n) is 4.34. The first-order valence-electron chi connectivity index (χ1n) is 8.99. The van der Waals surface area contributed by atoms with Crippen LogP contribution in [0.2, 0.25) is 0 Å². The van der Waals surface area contributed by atoms with Gasteiger partial charge in [0.1, 0.15) is 0 Å². The van der Waals surface area contributed by atoms with Crippen molar-refractivity contribution in [3.05, 3.63) is 89.7 Å². The molecular weight excluding hydrogens is 404 g/mol. The third-order valence-corrected chi connectivity index (χ3v) is 5.25. The van der Waals surface area contributed by atoms with Gasteiger partial charge in [0.25, 0.3) is 11.8 Å². The molecule has 9 heteroatoms. The molecule has 0 fully saturated rings. The average molecular weight is 424 g/mol. The van der Waals surface area contributed by atoms with E-state index in [4.69, 9.17) is 5.14 Å². The van der Waals surface area contributed by atoms with Crippen molar-refractivity contribution in [2.45, 2.75) is 17.9 Å². The van der Waals surface area contributed by atoms with Gasteiger partial charge in [-0.05, 0) is 55.0 Å². The smallest absolute Gasteiger partial charge is 0.257 e. The van der Waals surface area contributed by atoms with E-state index in [2.05, 4.69) is 15.6 Å². The molecule has 3 aromatic rings. The van der Waals surface area contributed by atoms with Crippen LogP contribution in [-0.2, 0) is 10.0 Å². The van der Waals surface area contributed by atoms with Crippen molar-refractivity contribution >= 4 is 27.5 Å². The molecule has 0 aliphatic rings. The molecule has 30 heavy (non-hydrogen) atoms. The Bertz CT molecular complexity index is 1180. The zero-order chi connectivity index (χ0) is 21.7. The topological polar surface area (TPSA) is 131 Å². The fourth-order valence-electron chi connectivity index (χ4n) is 2.76. The van der Waals surface area contributed by atoms with Crippen LogP contribution >= 0.6 is 0 Å². The fourth-order valence-corrected chi connectivity index (χ4v) is 3.33. The second kappa shape index (κ2) is 8.85. The fraction of sp³-hybridized carbons (Fsp3) is 0.0952. The van der Waals surface area contributed by atoms with Gasteiger partial charge in [-0.2, -0.15) is 0 Å². The number of pyridine rings is 1. The number of amides is 2. The van der Waals surface area contributed by atoms with E-state index in [1.54, 1.807) is 61.7 Å². The largest absolute Gasteiger partial charge is 0.346 e. The molecule has 1 heterocycles. The maximum Gasteiger partial charge on any atom is 0.257 e. The lowest BCUT2D eigenvalue weighted by Crippen LogP contribution is -2.27. The number of primary sulfonamides is 1. The lowest BCUT2D eigenvalue weighted by molar-refractivity contribution is 0.0938. The highest BCUT2D eigenvalue weighted by molar-refractivity contribution is 7.89. The molecule has 2 amide bonds. The Balaban J connectivity index is 1.72. The molecule has 0 saturated heterocycles. The van der Waals surface area contributed by atoms with Gasteiger partial charge in [0, 0.05) is 23.6 Å². The normalized spacial score (nSPS) is 12.1. The minimum atomic E-state index is -3.84. The van der Waals surface area contributed by atoms with Gasteiger partial charge >= 0.3 is 0 Å². The van der Waals surface area contributed by atoms with E-state index in [-0.39, 0.29) is 16.7 Å². The van der Waals surface area contributed by atoms with E-state index in [1.807, 2.05) is 0 Å². The lowest BCUT2D eigenvalue weighted by Gasteiger charge is -2.15. The standard InChI is InChI=1S/C21H20N4O4S/c1-14(15-5-3-9-19(12-15)30(22,28)29)24-20(26)16-6-2-8-18(11-16)25-21(27)17-7-4-10-23-13-17/h2-14H,1H3,(H,24,26)(H,25,27)(H2,22,28,29). The lowest BCUT2D eigenvalue weighted by atomic mass is 10.1.